The van der Waals surface area contributed by atoms with Gasteiger partial charge in [-0.1, -0.05) is 53.4 Å². The molecule has 0 aromatic rings. The Bertz CT molecular complexity index is 261. The minimum Gasteiger partial charge on any atom is -0.311 e. The molecule has 0 radical (unpaired) electrons. The van der Waals surface area contributed by atoms with Gasteiger partial charge >= 0.3 is 0 Å². The van der Waals surface area contributed by atoms with Crippen molar-refractivity contribution in [2.24, 2.45) is 5.41 Å². The average molecular weight is 266 g/mol. The zero-order chi connectivity index (χ0) is 13.9. The number of nitrogens with one attached hydrogen (secondary N) is 1. The van der Waals surface area contributed by atoms with Crippen LogP contribution in [0.2, 0.25) is 0 Å². The molecule has 1 saturated heterocycles. The quantitative estimate of drug-likeness (QED) is 0.765. The van der Waals surface area contributed by atoms with E-state index < -0.39 is 0 Å². The molecule has 0 amide bonds. The molecule has 0 bridgehead atoms. The summed E-state index contributed by atoms with van der Waals surface area (Å²) in [7, 11) is 0. The highest BCUT2D eigenvalue weighted by molar-refractivity contribution is 4.94. The fourth-order valence-corrected chi connectivity index (χ4v) is 3.82. The lowest BCUT2D eigenvalue weighted by atomic mass is 9.83. The first-order valence-electron chi connectivity index (χ1n) is 8.51. The predicted octanol–water partition coefficient (Wildman–Crippen LogP) is 3.81. The Morgan fingerprint density at radius 2 is 1.68 bits per heavy atom. The van der Waals surface area contributed by atoms with E-state index in [4.69, 9.17) is 0 Å². The van der Waals surface area contributed by atoms with E-state index in [-0.39, 0.29) is 0 Å². The van der Waals surface area contributed by atoms with E-state index in [2.05, 4.69) is 37.9 Å². The largest absolute Gasteiger partial charge is 0.311 e. The molecule has 2 heteroatoms. The fourth-order valence-electron chi connectivity index (χ4n) is 3.82. The Balaban J connectivity index is 2.04. The molecular formula is C17H34N2. The lowest BCUT2D eigenvalue weighted by Gasteiger charge is -2.48. The lowest BCUT2D eigenvalue weighted by molar-refractivity contribution is 0.0417. The number of hydrogen-bond donors (Lipinski definition) is 1. The number of hydrogen-bond acceptors (Lipinski definition) is 2. The van der Waals surface area contributed by atoms with Crippen LogP contribution in [0.5, 0.6) is 0 Å². The van der Waals surface area contributed by atoms with Crippen molar-refractivity contribution >= 4 is 0 Å². The van der Waals surface area contributed by atoms with Crippen molar-refractivity contribution in [3.63, 3.8) is 0 Å². The van der Waals surface area contributed by atoms with Crippen LogP contribution >= 0.6 is 0 Å². The second-order valence-electron chi connectivity index (χ2n) is 7.73. The van der Waals surface area contributed by atoms with Crippen molar-refractivity contribution in [1.29, 1.82) is 0 Å². The van der Waals surface area contributed by atoms with Gasteiger partial charge in [0.2, 0.25) is 0 Å². The van der Waals surface area contributed by atoms with Crippen LogP contribution in [-0.4, -0.2) is 36.1 Å². The van der Waals surface area contributed by atoms with Gasteiger partial charge in [-0.25, -0.2) is 0 Å². The lowest BCUT2D eigenvalue weighted by Crippen LogP contribution is -2.62. The minimum absolute atomic E-state index is 0.377. The van der Waals surface area contributed by atoms with Crippen molar-refractivity contribution in [3.8, 4) is 0 Å². The van der Waals surface area contributed by atoms with Gasteiger partial charge in [-0.2, -0.15) is 0 Å². The van der Waals surface area contributed by atoms with Gasteiger partial charge in [-0.05, 0) is 24.7 Å². The zero-order valence-corrected chi connectivity index (χ0v) is 13.5. The molecule has 2 fully saturated rings. The van der Waals surface area contributed by atoms with Crippen LogP contribution < -0.4 is 5.32 Å². The van der Waals surface area contributed by atoms with Gasteiger partial charge in [0.25, 0.3) is 0 Å². The third-order valence-corrected chi connectivity index (χ3v) is 5.27. The van der Waals surface area contributed by atoms with Gasteiger partial charge in [0, 0.05) is 31.2 Å². The van der Waals surface area contributed by atoms with Crippen molar-refractivity contribution in [2.45, 2.75) is 90.8 Å². The summed E-state index contributed by atoms with van der Waals surface area (Å²) in [6.45, 7) is 11.9. The van der Waals surface area contributed by atoms with E-state index in [9.17, 15) is 0 Å². The van der Waals surface area contributed by atoms with Crippen LogP contribution in [0.15, 0.2) is 0 Å². The molecule has 0 spiro atoms. The van der Waals surface area contributed by atoms with E-state index >= 15 is 0 Å². The maximum absolute atomic E-state index is 3.80. The van der Waals surface area contributed by atoms with Crippen LogP contribution in [0.3, 0.4) is 0 Å². The Labute approximate surface area is 120 Å². The van der Waals surface area contributed by atoms with Crippen molar-refractivity contribution in [1.82, 2.24) is 10.2 Å². The number of piperazine rings is 1. The highest BCUT2D eigenvalue weighted by atomic mass is 15.3. The first-order valence-corrected chi connectivity index (χ1v) is 8.51. The molecule has 1 saturated carbocycles. The summed E-state index contributed by atoms with van der Waals surface area (Å²) in [5, 5.41) is 3.80. The molecule has 2 atom stereocenters. The maximum Gasteiger partial charge on any atom is 0.0244 e. The third kappa shape index (κ3) is 3.95. The van der Waals surface area contributed by atoms with Crippen molar-refractivity contribution in [3.05, 3.63) is 0 Å². The summed E-state index contributed by atoms with van der Waals surface area (Å²) in [4.78, 5) is 2.87. The summed E-state index contributed by atoms with van der Waals surface area (Å²) in [6.07, 6.45) is 9.99. The molecule has 1 aliphatic carbocycles. The minimum atomic E-state index is 0.377. The maximum atomic E-state index is 3.80. The SMILES string of the molecule is CCC1CNC(C(C)(C)C)CN1C1CCCCCC1. The monoisotopic (exact) mass is 266 g/mol. The van der Waals surface area contributed by atoms with Gasteiger partial charge in [0.15, 0.2) is 0 Å². The summed E-state index contributed by atoms with van der Waals surface area (Å²) in [5.74, 6) is 0. The van der Waals surface area contributed by atoms with E-state index in [1.807, 2.05) is 0 Å². The van der Waals surface area contributed by atoms with Gasteiger partial charge in [-0.15, -0.1) is 0 Å². The molecule has 2 unspecified atom stereocenters. The summed E-state index contributed by atoms with van der Waals surface area (Å²) >= 11 is 0. The van der Waals surface area contributed by atoms with E-state index in [1.165, 1.54) is 58.0 Å². The van der Waals surface area contributed by atoms with Crippen LogP contribution in [0.1, 0.15) is 72.6 Å². The molecule has 19 heavy (non-hydrogen) atoms. The Morgan fingerprint density at radius 1 is 1.05 bits per heavy atom. The first-order chi connectivity index (χ1) is 9.02. The highest BCUT2D eigenvalue weighted by Crippen LogP contribution is 2.29. The van der Waals surface area contributed by atoms with Gasteiger partial charge in [-0.3, -0.25) is 4.90 Å². The standard InChI is InChI=1S/C17H34N2/c1-5-14-12-18-16(17(2,3)4)13-19(14)15-10-8-6-7-9-11-15/h14-16,18H,5-13H2,1-4H3. The smallest absolute Gasteiger partial charge is 0.0244 e. The van der Waals surface area contributed by atoms with E-state index in [0.717, 1.165) is 12.1 Å². The van der Waals surface area contributed by atoms with Crippen LogP contribution in [0.4, 0.5) is 0 Å². The predicted molar refractivity (Wildman–Crippen MR) is 83.5 cm³/mol. The first kappa shape index (κ1) is 15.3. The van der Waals surface area contributed by atoms with Gasteiger partial charge in [0.05, 0.1) is 0 Å². The normalized spacial score (nSPS) is 32.2. The Hall–Kier alpha value is -0.0800. The molecule has 1 aliphatic heterocycles. The number of nitrogens with zero attached hydrogens (tertiary/aromatic N) is 1. The molecule has 2 rings (SSSR count). The van der Waals surface area contributed by atoms with Crippen molar-refractivity contribution < 1.29 is 0 Å². The number of rotatable bonds is 2. The van der Waals surface area contributed by atoms with Crippen LogP contribution in [-0.2, 0) is 0 Å². The van der Waals surface area contributed by atoms with Gasteiger partial charge in [0.1, 0.15) is 0 Å². The molecule has 2 aliphatic rings. The third-order valence-electron chi connectivity index (χ3n) is 5.27. The molecule has 1 N–H and O–H groups in total. The molecule has 2 nitrogen and oxygen atoms in total. The van der Waals surface area contributed by atoms with E-state index in [1.54, 1.807) is 0 Å². The Kier molecular flexibility index (Phi) is 5.30. The zero-order valence-electron chi connectivity index (χ0n) is 13.5. The fraction of sp³-hybridized carbons (Fsp3) is 1.00. The second-order valence-corrected chi connectivity index (χ2v) is 7.73. The average Bonchev–Trinajstić information content (AvgIpc) is 2.65. The Morgan fingerprint density at radius 3 is 2.21 bits per heavy atom. The second kappa shape index (κ2) is 6.58. The van der Waals surface area contributed by atoms with Crippen molar-refractivity contribution in [2.75, 3.05) is 13.1 Å². The highest BCUT2D eigenvalue weighted by Gasteiger charge is 2.36. The summed E-state index contributed by atoms with van der Waals surface area (Å²) in [6, 6.07) is 2.28. The molecule has 0 aromatic carbocycles. The summed E-state index contributed by atoms with van der Waals surface area (Å²) < 4.78 is 0. The molecule has 1 heterocycles. The topological polar surface area (TPSA) is 15.3 Å². The van der Waals surface area contributed by atoms with Crippen LogP contribution in [0.25, 0.3) is 0 Å². The molecule has 0 aromatic heterocycles. The van der Waals surface area contributed by atoms with Crippen LogP contribution in [0, 0.1) is 5.41 Å². The van der Waals surface area contributed by atoms with Gasteiger partial charge < -0.3 is 5.32 Å². The molecule has 112 valence electrons. The van der Waals surface area contributed by atoms with E-state index in [0.29, 0.717) is 11.5 Å². The molecular weight excluding hydrogens is 232 g/mol. The summed E-state index contributed by atoms with van der Waals surface area (Å²) in [5.41, 5.74) is 0.377.